The fourth-order valence-corrected chi connectivity index (χ4v) is 4.02. The zero-order valence-electron chi connectivity index (χ0n) is 16.3. The number of nitrogens with zero attached hydrogens (tertiary/aromatic N) is 3. The van der Waals surface area contributed by atoms with E-state index in [1.165, 1.54) is 0 Å². The number of rotatable bonds is 5. The lowest BCUT2D eigenvalue weighted by atomic mass is 9.87. The standard InChI is InChI=1S/C23H23ClN4O/c1-25-21-15-18(17-4-2-5-19(24)14-17)6-7-20(21)22(29)16-8-12-28(13-9-16)23-26-10-3-11-27-23/h2-7,10-11,14-16,25H,8-9,12-13H2,1H3. The van der Waals surface area contributed by atoms with Gasteiger partial charge in [-0.05, 0) is 54.3 Å². The molecule has 0 amide bonds. The molecule has 1 fully saturated rings. The monoisotopic (exact) mass is 406 g/mol. The van der Waals surface area contributed by atoms with Crippen LogP contribution in [0, 0.1) is 5.92 Å². The number of piperidine rings is 1. The first-order valence-electron chi connectivity index (χ1n) is 9.79. The Morgan fingerprint density at radius 3 is 2.45 bits per heavy atom. The van der Waals surface area contributed by atoms with Gasteiger partial charge in [-0.2, -0.15) is 0 Å². The third-order valence-electron chi connectivity index (χ3n) is 5.41. The quantitative estimate of drug-likeness (QED) is 0.608. The van der Waals surface area contributed by atoms with Crippen LogP contribution in [0.2, 0.25) is 5.02 Å². The second kappa shape index (κ2) is 8.62. The lowest BCUT2D eigenvalue weighted by Gasteiger charge is -2.31. The molecule has 1 N–H and O–H groups in total. The smallest absolute Gasteiger partial charge is 0.225 e. The van der Waals surface area contributed by atoms with Gasteiger partial charge in [-0.3, -0.25) is 4.79 Å². The number of halogens is 1. The van der Waals surface area contributed by atoms with E-state index in [1.54, 1.807) is 12.4 Å². The van der Waals surface area contributed by atoms with E-state index >= 15 is 0 Å². The summed E-state index contributed by atoms with van der Waals surface area (Å²) < 4.78 is 0. The lowest BCUT2D eigenvalue weighted by Crippen LogP contribution is -2.37. The molecule has 0 radical (unpaired) electrons. The van der Waals surface area contributed by atoms with Gasteiger partial charge in [0, 0.05) is 54.7 Å². The Labute approximate surface area is 175 Å². The van der Waals surface area contributed by atoms with Crippen molar-refractivity contribution in [3.63, 3.8) is 0 Å². The number of aromatic nitrogens is 2. The third kappa shape index (κ3) is 4.25. The summed E-state index contributed by atoms with van der Waals surface area (Å²) in [6, 6.07) is 15.5. The van der Waals surface area contributed by atoms with E-state index in [9.17, 15) is 4.79 Å². The topological polar surface area (TPSA) is 58.1 Å². The van der Waals surface area contributed by atoms with Crippen molar-refractivity contribution < 1.29 is 4.79 Å². The number of hydrogen-bond donors (Lipinski definition) is 1. The van der Waals surface area contributed by atoms with Crippen molar-refractivity contribution in [3.8, 4) is 11.1 Å². The summed E-state index contributed by atoms with van der Waals surface area (Å²) in [6.45, 7) is 1.58. The normalized spacial score (nSPS) is 14.6. The molecule has 1 aliphatic rings. The Balaban J connectivity index is 1.50. The molecule has 0 unspecified atom stereocenters. The van der Waals surface area contributed by atoms with E-state index in [0.717, 1.165) is 54.3 Å². The maximum absolute atomic E-state index is 13.2. The number of benzene rings is 2. The Kier molecular flexibility index (Phi) is 5.76. The summed E-state index contributed by atoms with van der Waals surface area (Å²) in [6.07, 6.45) is 5.10. The van der Waals surface area contributed by atoms with E-state index in [-0.39, 0.29) is 11.7 Å². The Morgan fingerprint density at radius 1 is 1.03 bits per heavy atom. The Bertz CT molecular complexity index is 1000. The van der Waals surface area contributed by atoms with Crippen LogP contribution in [0.25, 0.3) is 11.1 Å². The molecule has 1 aromatic heterocycles. The third-order valence-corrected chi connectivity index (χ3v) is 5.65. The maximum Gasteiger partial charge on any atom is 0.225 e. The molecule has 2 heterocycles. The van der Waals surface area contributed by atoms with Crippen LogP contribution in [0.3, 0.4) is 0 Å². The molecule has 0 atom stereocenters. The van der Waals surface area contributed by atoms with Crippen molar-refractivity contribution in [1.29, 1.82) is 0 Å². The largest absolute Gasteiger partial charge is 0.388 e. The molecular formula is C23H23ClN4O. The molecule has 0 saturated carbocycles. The van der Waals surface area contributed by atoms with Crippen LogP contribution in [0.5, 0.6) is 0 Å². The SMILES string of the molecule is CNc1cc(-c2cccc(Cl)c2)ccc1C(=O)C1CCN(c2ncccn2)CC1. The predicted octanol–water partition coefficient (Wildman–Crippen LogP) is 4.94. The zero-order chi connectivity index (χ0) is 20.2. The first kappa shape index (κ1) is 19.4. The second-order valence-corrected chi connectivity index (χ2v) is 7.63. The fraction of sp³-hybridized carbons (Fsp3) is 0.261. The molecule has 1 saturated heterocycles. The lowest BCUT2D eigenvalue weighted by molar-refractivity contribution is 0.0901. The molecule has 148 valence electrons. The number of nitrogens with one attached hydrogen (secondary N) is 1. The summed E-state index contributed by atoms with van der Waals surface area (Å²) in [7, 11) is 1.85. The van der Waals surface area contributed by atoms with E-state index in [1.807, 2.05) is 55.6 Å². The number of anilines is 2. The molecule has 6 heteroatoms. The molecule has 4 rings (SSSR count). The average molecular weight is 407 g/mol. The maximum atomic E-state index is 13.2. The molecular weight excluding hydrogens is 384 g/mol. The van der Waals surface area contributed by atoms with Crippen LogP contribution in [0.15, 0.2) is 60.9 Å². The van der Waals surface area contributed by atoms with Crippen molar-refractivity contribution in [3.05, 3.63) is 71.5 Å². The first-order chi connectivity index (χ1) is 14.2. The minimum atomic E-state index is 0.0130. The van der Waals surface area contributed by atoms with Gasteiger partial charge in [0.25, 0.3) is 0 Å². The van der Waals surface area contributed by atoms with E-state index < -0.39 is 0 Å². The van der Waals surface area contributed by atoms with Gasteiger partial charge >= 0.3 is 0 Å². The molecule has 29 heavy (non-hydrogen) atoms. The number of carbonyl (C=O) groups excluding carboxylic acids is 1. The Hall–Kier alpha value is -2.92. The summed E-state index contributed by atoms with van der Waals surface area (Å²) >= 11 is 6.13. The van der Waals surface area contributed by atoms with Gasteiger partial charge in [0.05, 0.1) is 0 Å². The summed E-state index contributed by atoms with van der Waals surface area (Å²) in [5.41, 5.74) is 3.66. The van der Waals surface area contributed by atoms with Crippen LogP contribution < -0.4 is 10.2 Å². The second-order valence-electron chi connectivity index (χ2n) is 7.20. The van der Waals surface area contributed by atoms with E-state index in [4.69, 9.17) is 11.6 Å². The molecule has 1 aliphatic heterocycles. The minimum absolute atomic E-state index is 0.0130. The van der Waals surface area contributed by atoms with Crippen molar-refractivity contribution in [2.24, 2.45) is 5.92 Å². The van der Waals surface area contributed by atoms with E-state index in [0.29, 0.717) is 5.02 Å². The molecule has 0 aliphatic carbocycles. The van der Waals surface area contributed by atoms with Crippen molar-refractivity contribution in [2.45, 2.75) is 12.8 Å². The highest BCUT2D eigenvalue weighted by molar-refractivity contribution is 6.30. The molecule has 0 bridgehead atoms. The summed E-state index contributed by atoms with van der Waals surface area (Å²) in [5, 5.41) is 3.89. The van der Waals surface area contributed by atoms with Crippen LogP contribution in [-0.2, 0) is 0 Å². The summed E-state index contributed by atoms with van der Waals surface area (Å²) in [5.74, 6) is 0.944. The number of Topliss-reactive ketones (excluding diaryl/α,β-unsaturated/α-hetero) is 1. The number of hydrogen-bond acceptors (Lipinski definition) is 5. The van der Waals surface area contributed by atoms with Gasteiger partial charge in [-0.25, -0.2) is 9.97 Å². The fourth-order valence-electron chi connectivity index (χ4n) is 3.83. The van der Waals surface area contributed by atoms with Crippen molar-refractivity contribution >= 4 is 29.0 Å². The average Bonchev–Trinajstić information content (AvgIpc) is 2.79. The van der Waals surface area contributed by atoms with Crippen LogP contribution in [0.1, 0.15) is 23.2 Å². The molecule has 0 spiro atoms. The minimum Gasteiger partial charge on any atom is -0.388 e. The molecule has 3 aromatic rings. The Morgan fingerprint density at radius 2 is 1.76 bits per heavy atom. The van der Waals surface area contributed by atoms with E-state index in [2.05, 4.69) is 20.2 Å². The van der Waals surface area contributed by atoms with Gasteiger partial charge in [-0.15, -0.1) is 0 Å². The number of ketones is 1. The van der Waals surface area contributed by atoms with Crippen molar-refractivity contribution in [2.75, 3.05) is 30.4 Å². The van der Waals surface area contributed by atoms with Crippen LogP contribution in [0.4, 0.5) is 11.6 Å². The number of carbonyl (C=O) groups is 1. The van der Waals surface area contributed by atoms with Crippen LogP contribution in [-0.4, -0.2) is 35.9 Å². The van der Waals surface area contributed by atoms with Crippen molar-refractivity contribution in [1.82, 2.24) is 9.97 Å². The highest BCUT2D eigenvalue weighted by Crippen LogP contribution is 2.31. The highest BCUT2D eigenvalue weighted by atomic mass is 35.5. The van der Waals surface area contributed by atoms with Gasteiger partial charge in [0.15, 0.2) is 5.78 Å². The van der Waals surface area contributed by atoms with Gasteiger partial charge in [0.1, 0.15) is 0 Å². The van der Waals surface area contributed by atoms with Gasteiger partial charge in [0.2, 0.25) is 5.95 Å². The molecule has 5 nitrogen and oxygen atoms in total. The highest BCUT2D eigenvalue weighted by Gasteiger charge is 2.28. The molecule has 2 aromatic carbocycles. The van der Waals surface area contributed by atoms with Gasteiger partial charge in [-0.1, -0.05) is 29.8 Å². The van der Waals surface area contributed by atoms with Gasteiger partial charge < -0.3 is 10.2 Å². The summed E-state index contributed by atoms with van der Waals surface area (Å²) in [4.78, 5) is 24.0. The zero-order valence-corrected chi connectivity index (χ0v) is 17.1. The first-order valence-corrected chi connectivity index (χ1v) is 10.2. The van der Waals surface area contributed by atoms with Crippen LogP contribution >= 0.6 is 11.6 Å². The predicted molar refractivity (Wildman–Crippen MR) is 118 cm³/mol.